The second kappa shape index (κ2) is 8.07. The fourth-order valence-electron chi connectivity index (χ4n) is 1.91. The van der Waals surface area contributed by atoms with Crippen LogP contribution in [0, 0.1) is 11.3 Å². The molecule has 2 rings (SSSR count). The Balaban J connectivity index is 2.33. The molecule has 0 aromatic heterocycles. The highest BCUT2D eigenvalue weighted by Crippen LogP contribution is 2.30. The van der Waals surface area contributed by atoms with Gasteiger partial charge in [0.2, 0.25) is 0 Å². The van der Waals surface area contributed by atoms with Gasteiger partial charge in [-0.1, -0.05) is 46.9 Å². The summed E-state index contributed by atoms with van der Waals surface area (Å²) in [5.74, 6) is -0.849. The predicted octanol–water partition coefficient (Wildman–Crippen LogP) is 5.17. The van der Waals surface area contributed by atoms with Gasteiger partial charge in [-0.05, 0) is 35.9 Å². The average molecular weight is 383 g/mol. The quantitative estimate of drug-likeness (QED) is 0.572. The molecule has 0 spiro atoms. The number of nitrogens with zero attached hydrogens (tertiary/aromatic N) is 1. The van der Waals surface area contributed by atoms with Crippen molar-refractivity contribution in [2.45, 2.75) is 0 Å². The molecule has 0 fully saturated rings. The maximum absolute atomic E-state index is 10.5. The number of halogens is 3. The zero-order valence-corrected chi connectivity index (χ0v) is 14.4. The lowest BCUT2D eigenvalue weighted by Crippen LogP contribution is -2.09. The third-order valence-electron chi connectivity index (χ3n) is 2.96. The molecule has 2 aromatic rings. The van der Waals surface area contributed by atoms with E-state index in [1.807, 2.05) is 0 Å². The number of carboxylic acid groups (broad SMARTS) is 1. The molecule has 24 heavy (non-hydrogen) atoms. The highest BCUT2D eigenvalue weighted by atomic mass is 35.5. The molecular formula is C17H10Cl3NO3. The van der Waals surface area contributed by atoms with Crippen LogP contribution in [-0.4, -0.2) is 17.7 Å². The molecule has 0 saturated carbocycles. The standard InChI is InChI=1S/C17H10Cl3NO3/c18-12-2-3-13(14(19)7-12)11(8-21)5-10-1-4-16(15(20)6-10)24-9-17(22)23/h1-7H,9H2,(H,22,23)/b11-5-. The van der Waals surface area contributed by atoms with Gasteiger partial charge in [0.1, 0.15) is 5.75 Å². The number of carbonyl (C=O) groups is 1. The third kappa shape index (κ3) is 4.65. The number of rotatable bonds is 5. The Morgan fingerprint density at radius 1 is 1.17 bits per heavy atom. The molecule has 1 N–H and O–H groups in total. The maximum atomic E-state index is 10.5. The predicted molar refractivity (Wildman–Crippen MR) is 94.5 cm³/mol. The van der Waals surface area contributed by atoms with Gasteiger partial charge in [0.05, 0.1) is 21.7 Å². The molecule has 2 aromatic carbocycles. The summed E-state index contributed by atoms with van der Waals surface area (Å²) >= 11 is 18.0. The summed E-state index contributed by atoms with van der Waals surface area (Å²) in [7, 11) is 0. The summed E-state index contributed by atoms with van der Waals surface area (Å²) < 4.78 is 5.05. The largest absolute Gasteiger partial charge is 0.480 e. The van der Waals surface area contributed by atoms with Crippen molar-refractivity contribution in [2.75, 3.05) is 6.61 Å². The van der Waals surface area contributed by atoms with Gasteiger partial charge in [0.25, 0.3) is 0 Å². The van der Waals surface area contributed by atoms with Crippen molar-refractivity contribution in [3.05, 3.63) is 62.6 Å². The Morgan fingerprint density at radius 2 is 1.92 bits per heavy atom. The summed E-state index contributed by atoms with van der Waals surface area (Å²) in [6.07, 6.45) is 1.61. The Kier molecular flexibility index (Phi) is 6.10. The first kappa shape index (κ1) is 18.2. The minimum atomic E-state index is -1.10. The van der Waals surface area contributed by atoms with Crippen LogP contribution in [-0.2, 0) is 4.79 Å². The van der Waals surface area contributed by atoms with Gasteiger partial charge in [-0.2, -0.15) is 5.26 Å². The van der Waals surface area contributed by atoms with Gasteiger partial charge < -0.3 is 9.84 Å². The number of nitriles is 1. The minimum absolute atomic E-state index is 0.240. The molecule has 0 bridgehead atoms. The lowest BCUT2D eigenvalue weighted by molar-refractivity contribution is -0.139. The molecule has 7 heteroatoms. The van der Waals surface area contributed by atoms with E-state index in [0.29, 0.717) is 26.7 Å². The third-order valence-corrected chi connectivity index (χ3v) is 3.80. The Bertz CT molecular complexity index is 857. The molecule has 4 nitrogen and oxygen atoms in total. The van der Waals surface area contributed by atoms with Gasteiger partial charge in [0, 0.05) is 10.6 Å². The second-order valence-corrected chi connectivity index (χ2v) is 5.92. The van der Waals surface area contributed by atoms with E-state index in [-0.39, 0.29) is 10.8 Å². The van der Waals surface area contributed by atoms with E-state index in [2.05, 4.69) is 6.07 Å². The van der Waals surface area contributed by atoms with E-state index in [4.69, 9.17) is 44.6 Å². The SMILES string of the molecule is N#C/C(=C/c1ccc(OCC(=O)O)c(Cl)c1)c1ccc(Cl)cc1Cl. The number of hydrogen-bond acceptors (Lipinski definition) is 3. The number of benzene rings is 2. The van der Waals surface area contributed by atoms with Gasteiger partial charge in [-0.3, -0.25) is 0 Å². The molecule has 0 heterocycles. The molecule has 122 valence electrons. The van der Waals surface area contributed by atoms with Crippen molar-refractivity contribution < 1.29 is 14.6 Å². The fourth-order valence-corrected chi connectivity index (χ4v) is 2.66. The molecule has 0 atom stereocenters. The fraction of sp³-hybridized carbons (Fsp3) is 0.0588. The molecule has 0 aliphatic carbocycles. The van der Waals surface area contributed by atoms with Crippen LogP contribution < -0.4 is 4.74 Å². The smallest absolute Gasteiger partial charge is 0.341 e. The van der Waals surface area contributed by atoms with Gasteiger partial charge in [-0.25, -0.2) is 4.79 Å². The van der Waals surface area contributed by atoms with Crippen molar-refractivity contribution >= 4 is 52.4 Å². The number of ether oxygens (including phenoxy) is 1. The molecule has 0 aliphatic heterocycles. The van der Waals surface area contributed by atoms with Gasteiger partial charge >= 0.3 is 5.97 Å². The average Bonchev–Trinajstić information content (AvgIpc) is 2.52. The Hall–Kier alpha value is -2.19. The topological polar surface area (TPSA) is 70.3 Å². The molecule has 0 aliphatic rings. The number of aliphatic carboxylic acids is 1. The van der Waals surface area contributed by atoms with E-state index >= 15 is 0 Å². The van der Waals surface area contributed by atoms with Crippen LogP contribution in [0.25, 0.3) is 11.6 Å². The van der Waals surface area contributed by atoms with Gasteiger partial charge in [-0.15, -0.1) is 0 Å². The van der Waals surface area contributed by atoms with Crippen LogP contribution in [0.2, 0.25) is 15.1 Å². The number of hydrogen-bond donors (Lipinski definition) is 1. The van der Waals surface area contributed by atoms with Crippen LogP contribution in [0.5, 0.6) is 5.75 Å². The number of allylic oxidation sites excluding steroid dienone is 1. The van der Waals surface area contributed by atoms with Crippen LogP contribution in [0.3, 0.4) is 0 Å². The summed E-state index contributed by atoms with van der Waals surface area (Å²) in [4.78, 5) is 10.5. The monoisotopic (exact) mass is 381 g/mol. The maximum Gasteiger partial charge on any atom is 0.341 e. The van der Waals surface area contributed by atoms with E-state index < -0.39 is 12.6 Å². The summed E-state index contributed by atoms with van der Waals surface area (Å²) in [5.41, 5.74) is 1.53. The number of carboxylic acids is 1. The molecule has 0 saturated heterocycles. The summed E-state index contributed by atoms with van der Waals surface area (Å²) in [5, 5.41) is 19.1. The normalized spacial score (nSPS) is 11.0. The molecule has 0 radical (unpaired) electrons. The highest BCUT2D eigenvalue weighted by Gasteiger charge is 2.09. The zero-order chi connectivity index (χ0) is 17.7. The van der Waals surface area contributed by atoms with Gasteiger partial charge in [0.15, 0.2) is 6.61 Å². The van der Waals surface area contributed by atoms with Crippen molar-refractivity contribution in [2.24, 2.45) is 0 Å². The van der Waals surface area contributed by atoms with Crippen molar-refractivity contribution in [1.82, 2.24) is 0 Å². The lowest BCUT2D eigenvalue weighted by atomic mass is 10.0. The van der Waals surface area contributed by atoms with Crippen molar-refractivity contribution in [3.63, 3.8) is 0 Å². The zero-order valence-electron chi connectivity index (χ0n) is 12.1. The van der Waals surface area contributed by atoms with Crippen molar-refractivity contribution in [3.8, 4) is 11.8 Å². The minimum Gasteiger partial charge on any atom is -0.480 e. The van der Waals surface area contributed by atoms with E-state index in [0.717, 1.165) is 0 Å². The van der Waals surface area contributed by atoms with Crippen molar-refractivity contribution in [1.29, 1.82) is 5.26 Å². The van der Waals surface area contributed by atoms with Crippen LogP contribution in [0.1, 0.15) is 11.1 Å². The first-order valence-corrected chi connectivity index (χ1v) is 7.75. The van der Waals surface area contributed by atoms with E-state index in [1.165, 1.54) is 6.07 Å². The lowest BCUT2D eigenvalue weighted by Gasteiger charge is -2.07. The Morgan fingerprint density at radius 3 is 2.50 bits per heavy atom. The van der Waals surface area contributed by atoms with Crippen LogP contribution in [0.15, 0.2) is 36.4 Å². The van der Waals surface area contributed by atoms with Crippen LogP contribution >= 0.6 is 34.8 Å². The second-order valence-electron chi connectivity index (χ2n) is 4.67. The Labute approximate surface area is 153 Å². The molecular weight excluding hydrogens is 373 g/mol. The van der Waals surface area contributed by atoms with E-state index in [1.54, 1.807) is 36.4 Å². The summed E-state index contributed by atoms with van der Waals surface area (Å²) in [6, 6.07) is 11.7. The first-order chi connectivity index (χ1) is 11.4. The van der Waals surface area contributed by atoms with Crippen LogP contribution in [0.4, 0.5) is 0 Å². The molecule has 0 amide bonds. The summed E-state index contributed by atoms with van der Waals surface area (Å²) in [6.45, 7) is -0.487. The highest BCUT2D eigenvalue weighted by molar-refractivity contribution is 6.36. The molecule has 0 unspecified atom stereocenters. The van der Waals surface area contributed by atoms with E-state index in [9.17, 15) is 10.1 Å². The first-order valence-electron chi connectivity index (χ1n) is 6.62.